The Morgan fingerprint density at radius 3 is 2.37 bits per heavy atom. The van der Waals surface area contributed by atoms with E-state index in [1.807, 2.05) is 0 Å². The average molecular weight is 376 g/mol. The van der Waals surface area contributed by atoms with Crippen molar-refractivity contribution in [3.8, 4) is 0 Å². The molecule has 150 valence electrons. The molecule has 1 aromatic rings. The number of nitrogens with one attached hydrogen (secondary N) is 1. The maximum absolute atomic E-state index is 12.3. The lowest BCUT2D eigenvalue weighted by molar-refractivity contribution is -0.124. The molecule has 0 saturated carbocycles. The van der Waals surface area contributed by atoms with Crippen LogP contribution < -0.4 is 11.1 Å². The lowest BCUT2D eigenvalue weighted by atomic mass is 9.92. The zero-order chi connectivity index (χ0) is 19.2. The second-order valence-corrected chi connectivity index (χ2v) is 7.96. The van der Waals surface area contributed by atoms with E-state index in [1.54, 1.807) is 0 Å². The summed E-state index contributed by atoms with van der Waals surface area (Å²) < 4.78 is 11.1. The number of carbonyl (C=O) groups is 1. The Balaban J connectivity index is 1.45. The highest BCUT2D eigenvalue weighted by atomic mass is 16.5. The minimum absolute atomic E-state index is 0.0673. The van der Waals surface area contributed by atoms with Gasteiger partial charge < -0.3 is 20.5 Å². The Bertz CT molecular complexity index is 591. The van der Waals surface area contributed by atoms with E-state index in [2.05, 4.69) is 48.3 Å². The zero-order valence-electron chi connectivity index (χ0n) is 16.5. The number of hydrogen-bond acceptors (Lipinski definition) is 5. The summed E-state index contributed by atoms with van der Waals surface area (Å²) in [6.07, 6.45) is 2.29. The molecule has 1 aromatic carbocycles. The van der Waals surface area contributed by atoms with Crippen molar-refractivity contribution in [2.24, 2.45) is 11.7 Å². The minimum atomic E-state index is -0.446. The zero-order valence-corrected chi connectivity index (χ0v) is 16.5. The standard InChI is InChI=1S/C21H33N3O3/c1-15-12-24(13-16(2)27-15)14-18-5-3-17(4-6-18)11-23-21(25)20(22)19-7-9-26-10-8-19/h3-6,15-16,19-20H,7-14,22H2,1-2H3,(H,23,25). The second-order valence-electron chi connectivity index (χ2n) is 7.96. The van der Waals surface area contributed by atoms with Crippen LogP contribution in [0.3, 0.4) is 0 Å². The fourth-order valence-electron chi connectivity index (χ4n) is 4.03. The van der Waals surface area contributed by atoms with Gasteiger partial charge in [0.2, 0.25) is 5.91 Å². The van der Waals surface area contributed by atoms with Crippen LogP contribution in [-0.4, -0.2) is 55.4 Å². The molecule has 2 heterocycles. The lowest BCUT2D eigenvalue weighted by Crippen LogP contribution is -2.46. The summed E-state index contributed by atoms with van der Waals surface area (Å²) in [5.41, 5.74) is 8.50. The van der Waals surface area contributed by atoms with Gasteiger partial charge in [-0.05, 0) is 43.7 Å². The number of carbonyl (C=O) groups excluding carboxylic acids is 1. The fraction of sp³-hybridized carbons (Fsp3) is 0.667. The third-order valence-electron chi connectivity index (χ3n) is 5.47. The highest BCUT2D eigenvalue weighted by molar-refractivity contribution is 5.81. The summed E-state index contributed by atoms with van der Waals surface area (Å²) in [5, 5.41) is 2.98. The van der Waals surface area contributed by atoms with Crippen LogP contribution in [0.25, 0.3) is 0 Å². The monoisotopic (exact) mass is 375 g/mol. The first-order valence-corrected chi connectivity index (χ1v) is 10.1. The molecule has 2 saturated heterocycles. The summed E-state index contributed by atoms with van der Waals surface area (Å²) in [4.78, 5) is 14.7. The first-order valence-electron chi connectivity index (χ1n) is 10.1. The highest BCUT2D eigenvalue weighted by Crippen LogP contribution is 2.18. The van der Waals surface area contributed by atoms with E-state index in [0.29, 0.717) is 19.8 Å². The van der Waals surface area contributed by atoms with Crippen molar-refractivity contribution >= 4 is 5.91 Å². The molecule has 6 nitrogen and oxygen atoms in total. The molecular weight excluding hydrogens is 342 g/mol. The van der Waals surface area contributed by atoms with Gasteiger partial charge in [-0.3, -0.25) is 9.69 Å². The van der Waals surface area contributed by atoms with Crippen molar-refractivity contribution in [1.82, 2.24) is 10.2 Å². The van der Waals surface area contributed by atoms with Gasteiger partial charge in [-0.2, -0.15) is 0 Å². The normalized spacial score (nSPS) is 25.9. The average Bonchev–Trinajstić information content (AvgIpc) is 2.66. The molecule has 1 amide bonds. The molecule has 0 aliphatic carbocycles. The number of ether oxygens (including phenoxy) is 2. The Hall–Kier alpha value is -1.47. The second kappa shape index (κ2) is 9.64. The molecule has 27 heavy (non-hydrogen) atoms. The molecule has 0 radical (unpaired) electrons. The van der Waals surface area contributed by atoms with Gasteiger partial charge in [0.05, 0.1) is 18.2 Å². The van der Waals surface area contributed by atoms with E-state index < -0.39 is 6.04 Å². The van der Waals surface area contributed by atoms with Crippen molar-refractivity contribution < 1.29 is 14.3 Å². The van der Waals surface area contributed by atoms with Crippen LogP contribution >= 0.6 is 0 Å². The smallest absolute Gasteiger partial charge is 0.237 e. The van der Waals surface area contributed by atoms with Crippen LogP contribution in [-0.2, 0) is 27.4 Å². The SMILES string of the molecule is CC1CN(Cc2ccc(CNC(=O)C(N)C3CCOCC3)cc2)CC(C)O1. The first kappa shape index (κ1) is 20.3. The van der Waals surface area contributed by atoms with Gasteiger partial charge in [0.25, 0.3) is 0 Å². The maximum Gasteiger partial charge on any atom is 0.237 e. The maximum atomic E-state index is 12.3. The van der Waals surface area contributed by atoms with Gasteiger partial charge in [0, 0.05) is 39.4 Å². The third-order valence-corrected chi connectivity index (χ3v) is 5.47. The van der Waals surface area contributed by atoms with Crippen LogP contribution in [0.15, 0.2) is 24.3 Å². The van der Waals surface area contributed by atoms with Gasteiger partial charge in [-0.25, -0.2) is 0 Å². The molecule has 3 unspecified atom stereocenters. The van der Waals surface area contributed by atoms with Crippen LogP contribution in [0.5, 0.6) is 0 Å². The third kappa shape index (κ3) is 6.01. The van der Waals surface area contributed by atoms with Gasteiger partial charge in [0.15, 0.2) is 0 Å². The summed E-state index contributed by atoms with van der Waals surface area (Å²) in [6.45, 7) is 9.03. The Kier molecular flexibility index (Phi) is 7.24. The molecule has 3 atom stereocenters. The van der Waals surface area contributed by atoms with Crippen molar-refractivity contribution in [2.75, 3.05) is 26.3 Å². The molecule has 2 fully saturated rings. The van der Waals surface area contributed by atoms with Gasteiger partial charge in [0.1, 0.15) is 0 Å². The molecule has 2 aliphatic rings. The Labute approximate surface area is 162 Å². The lowest BCUT2D eigenvalue weighted by Gasteiger charge is -2.35. The van der Waals surface area contributed by atoms with Gasteiger partial charge in [-0.15, -0.1) is 0 Å². The van der Waals surface area contributed by atoms with E-state index in [-0.39, 0.29) is 24.0 Å². The number of morpholine rings is 1. The van der Waals surface area contributed by atoms with Crippen molar-refractivity contribution in [2.45, 2.75) is 58.0 Å². The minimum Gasteiger partial charge on any atom is -0.381 e. The Morgan fingerprint density at radius 1 is 1.15 bits per heavy atom. The summed E-state index contributed by atoms with van der Waals surface area (Å²) in [5.74, 6) is 0.154. The fourth-order valence-corrected chi connectivity index (χ4v) is 4.03. The number of hydrogen-bond donors (Lipinski definition) is 2. The van der Waals surface area contributed by atoms with E-state index in [0.717, 1.165) is 38.0 Å². The van der Waals surface area contributed by atoms with Gasteiger partial charge in [-0.1, -0.05) is 24.3 Å². The summed E-state index contributed by atoms with van der Waals surface area (Å²) >= 11 is 0. The van der Waals surface area contributed by atoms with E-state index in [4.69, 9.17) is 15.2 Å². The molecule has 2 aliphatic heterocycles. The van der Waals surface area contributed by atoms with Crippen molar-refractivity contribution in [3.63, 3.8) is 0 Å². The molecule has 3 N–H and O–H groups in total. The van der Waals surface area contributed by atoms with E-state index in [1.165, 1.54) is 5.56 Å². The molecule has 0 spiro atoms. The van der Waals surface area contributed by atoms with Crippen molar-refractivity contribution in [1.29, 1.82) is 0 Å². The predicted molar refractivity (Wildman–Crippen MR) is 105 cm³/mol. The van der Waals surface area contributed by atoms with E-state index >= 15 is 0 Å². The highest BCUT2D eigenvalue weighted by Gasteiger charge is 2.26. The summed E-state index contributed by atoms with van der Waals surface area (Å²) in [6, 6.07) is 8.01. The molecule has 0 aromatic heterocycles. The van der Waals surface area contributed by atoms with Crippen LogP contribution in [0.1, 0.15) is 37.8 Å². The largest absolute Gasteiger partial charge is 0.381 e. The number of amides is 1. The number of nitrogens with zero attached hydrogens (tertiary/aromatic N) is 1. The molecular formula is C21H33N3O3. The number of nitrogens with two attached hydrogens (primary N) is 1. The number of benzene rings is 1. The quantitative estimate of drug-likeness (QED) is 0.791. The molecule has 3 rings (SSSR count). The number of rotatable bonds is 6. The Morgan fingerprint density at radius 2 is 1.74 bits per heavy atom. The molecule has 6 heteroatoms. The predicted octanol–water partition coefficient (Wildman–Crippen LogP) is 1.67. The van der Waals surface area contributed by atoms with E-state index in [9.17, 15) is 4.79 Å². The topological polar surface area (TPSA) is 76.8 Å². The van der Waals surface area contributed by atoms with Crippen LogP contribution in [0, 0.1) is 5.92 Å². The van der Waals surface area contributed by atoms with Gasteiger partial charge >= 0.3 is 0 Å². The van der Waals surface area contributed by atoms with Crippen molar-refractivity contribution in [3.05, 3.63) is 35.4 Å². The summed E-state index contributed by atoms with van der Waals surface area (Å²) in [7, 11) is 0. The van der Waals surface area contributed by atoms with Crippen LogP contribution in [0.4, 0.5) is 0 Å². The molecule has 0 bridgehead atoms. The first-order chi connectivity index (χ1) is 13.0. The van der Waals surface area contributed by atoms with Crippen LogP contribution in [0.2, 0.25) is 0 Å².